The summed E-state index contributed by atoms with van der Waals surface area (Å²) in [5.41, 5.74) is 2.04. The van der Waals surface area contributed by atoms with Crippen LogP contribution in [0.3, 0.4) is 0 Å². The molecule has 2 rings (SSSR count). The lowest BCUT2D eigenvalue weighted by atomic mass is 10.1. The van der Waals surface area contributed by atoms with E-state index in [9.17, 15) is 0 Å². The van der Waals surface area contributed by atoms with Crippen LogP contribution in [-0.2, 0) is 24.2 Å². The van der Waals surface area contributed by atoms with E-state index in [-0.39, 0.29) is 0 Å². The van der Waals surface area contributed by atoms with Crippen molar-refractivity contribution < 1.29 is 4.74 Å². The summed E-state index contributed by atoms with van der Waals surface area (Å²) in [6.07, 6.45) is 2.80. The van der Waals surface area contributed by atoms with E-state index in [0.29, 0.717) is 11.8 Å². The average Bonchev–Trinajstić information content (AvgIpc) is 2.18. The molecule has 0 spiro atoms. The second-order valence-electron chi connectivity index (χ2n) is 3.41. The molecule has 4 heteroatoms. The molecule has 2 heterocycles. The predicted molar refractivity (Wildman–Crippen MR) is 54.4 cm³/mol. The molecule has 1 aromatic heterocycles. The van der Waals surface area contributed by atoms with Crippen LogP contribution in [0.15, 0.2) is 0 Å². The third-order valence-electron chi connectivity index (χ3n) is 2.29. The molecule has 1 aromatic rings. The summed E-state index contributed by atoms with van der Waals surface area (Å²) in [5.74, 6) is 0.859. The van der Waals surface area contributed by atoms with Gasteiger partial charge < -0.3 is 4.74 Å². The number of nitrogens with zero attached hydrogens (tertiary/aromatic N) is 2. The van der Waals surface area contributed by atoms with Crippen molar-refractivity contribution in [3.8, 4) is 0 Å². The number of hydrogen-bond donors (Lipinski definition) is 0. The third kappa shape index (κ3) is 1.88. The van der Waals surface area contributed by atoms with Crippen LogP contribution in [0.4, 0.5) is 0 Å². The molecule has 0 saturated carbocycles. The summed E-state index contributed by atoms with van der Waals surface area (Å²) in [7, 11) is 0. The zero-order chi connectivity index (χ0) is 9.97. The molecule has 1 aliphatic rings. The first-order valence-electron chi connectivity index (χ1n) is 4.93. The van der Waals surface area contributed by atoms with E-state index in [2.05, 4.69) is 16.9 Å². The molecule has 0 unspecified atom stereocenters. The summed E-state index contributed by atoms with van der Waals surface area (Å²) in [5, 5.41) is 0.568. The molecule has 0 aliphatic carbocycles. The van der Waals surface area contributed by atoms with Crippen molar-refractivity contribution in [2.45, 2.75) is 32.8 Å². The normalized spacial score (nSPS) is 15.3. The zero-order valence-corrected chi connectivity index (χ0v) is 8.97. The lowest BCUT2D eigenvalue weighted by Crippen LogP contribution is -2.15. The van der Waals surface area contributed by atoms with Crippen LogP contribution in [0, 0.1) is 0 Å². The van der Waals surface area contributed by atoms with Gasteiger partial charge in [0.05, 0.1) is 18.9 Å². The van der Waals surface area contributed by atoms with Gasteiger partial charge in [0.15, 0.2) is 0 Å². The summed E-state index contributed by atoms with van der Waals surface area (Å²) in [6.45, 7) is 3.41. The Labute approximate surface area is 88.5 Å². The van der Waals surface area contributed by atoms with Gasteiger partial charge >= 0.3 is 0 Å². The molecule has 0 fully saturated rings. The molecule has 14 heavy (non-hydrogen) atoms. The molecule has 0 N–H and O–H groups in total. The minimum absolute atomic E-state index is 0.556. The van der Waals surface area contributed by atoms with E-state index in [1.54, 1.807) is 0 Å². The second kappa shape index (κ2) is 4.24. The van der Waals surface area contributed by atoms with E-state index in [1.807, 2.05) is 0 Å². The highest BCUT2D eigenvalue weighted by Gasteiger charge is 2.16. The smallest absolute Gasteiger partial charge is 0.138 e. The summed E-state index contributed by atoms with van der Waals surface area (Å²) >= 11 is 6.05. The topological polar surface area (TPSA) is 35.0 Å². The predicted octanol–water partition coefficient (Wildman–Crippen LogP) is 2.16. The first-order chi connectivity index (χ1) is 6.81. The molecule has 0 atom stereocenters. The van der Waals surface area contributed by atoms with E-state index in [1.165, 1.54) is 0 Å². The van der Waals surface area contributed by atoms with Crippen LogP contribution in [0.25, 0.3) is 0 Å². The first kappa shape index (κ1) is 9.87. The molecule has 0 radical (unpaired) electrons. The maximum atomic E-state index is 6.05. The van der Waals surface area contributed by atoms with Gasteiger partial charge in [0, 0.05) is 18.4 Å². The molecular formula is C10H13ClN2O. The van der Waals surface area contributed by atoms with Crippen LogP contribution in [0.2, 0.25) is 5.15 Å². The van der Waals surface area contributed by atoms with E-state index >= 15 is 0 Å². The number of fused-ring (bicyclic) bond motifs is 1. The van der Waals surface area contributed by atoms with Crippen molar-refractivity contribution in [3.63, 3.8) is 0 Å². The van der Waals surface area contributed by atoms with E-state index in [0.717, 1.165) is 43.0 Å². The van der Waals surface area contributed by atoms with Gasteiger partial charge in [-0.05, 0) is 6.42 Å². The van der Waals surface area contributed by atoms with Crippen molar-refractivity contribution in [3.05, 3.63) is 22.2 Å². The van der Waals surface area contributed by atoms with Gasteiger partial charge in [-0.3, -0.25) is 0 Å². The van der Waals surface area contributed by atoms with Gasteiger partial charge in [-0.15, -0.1) is 0 Å². The largest absolute Gasteiger partial charge is 0.376 e. The number of aryl methyl sites for hydroxylation is 1. The standard InChI is InChI=1S/C10H13ClN2O/c1-2-3-9-12-8-4-5-14-6-7(8)10(11)13-9/h2-6H2,1H3. The average molecular weight is 213 g/mol. The van der Waals surface area contributed by atoms with Gasteiger partial charge in [-0.2, -0.15) is 0 Å². The van der Waals surface area contributed by atoms with Crippen LogP contribution in [0.5, 0.6) is 0 Å². The van der Waals surface area contributed by atoms with Crippen LogP contribution in [0.1, 0.15) is 30.4 Å². The summed E-state index contributed by atoms with van der Waals surface area (Å²) < 4.78 is 5.31. The van der Waals surface area contributed by atoms with Crippen LogP contribution < -0.4 is 0 Å². The molecular weight excluding hydrogens is 200 g/mol. The highest BCUT2D eigenvalue weighted by Crippen LogP contribution is 2.22. The molecule has 0 saturated heterocycles. The van der Waals surface area contributed by atoms with Gasteiger partial charge in [0.2, 0.25) is 0 Å². The fourth-order valence-electron chi connectivity index (χ4n) is 1.58. The second-order valence-corrected chi connectivity index (χ2v) is 3.77. The zero-order valence-electron chi connectivity index (χ0n) is 8.22. The molecule has 76 valence electrons. The minimum Gasteiger partial charge on any atom is -0.376 e. The highest BCUT2D eigenvalue weighted by atomic mass is 35.5. The van der Waals surface area contributed by atoms with Gasteiger partial charge in [-0.1, -0.05) is 18.5 Å². The van der Waals surface area contributed by atoms with Crippen molar-refractivity contribution in [2.24, 2.45) is 0 Å². The van der Waals surface area contributed by atoms with Crippen LogP contribution in [-0.4, -0.2) is 16.6 Å². The Hall–Kier alpha value is -0.670. The Morgan fingerprint density at radius 1 is 1.43 bits per heavy atom. The van der Waals surface area contributed by atoms with Crippen molar-refractivity contribution in [1.29, 1.82) is 0 Å². The van der Waals surface area contributed by atoms with E-state index in [4.69, 9.17) is 16.3 Å². The first-order valence-corrected chi connectivity index (χ1v) is 5.31. The molecule has 1 aliphatic heterocycles. The number of hydrogen-bond acceptors (Lipinski definition) is 3. The van der Waals surface area contributed by atoms with Crippen LogP contribution >= 0.6 is 11.6 Å². The Kier molecular flexibility index (Phi) is 2.99. The summed E-state index contributed by atoms with van der Waals surface area (Å²) in [6, 6.07) is 0. The molecule has 0 amide bonds. The SMILES string of the molecule is CCCc1nc(Cl)c2c(n1)CCOC2. The number of aromatic nitrogens is 2. The lowest BCUT2D eigenvalue weighted by molar-refractivity contribution is 0.109. The van der Waals surface area contributed by atoms with Gasteiger partial charge in [0.25, 0.3) is 0 Å². The third-order valence-corrected chi connectivity index (χ3v) is 2.60. The molecule has 0 bridgehead atoms. The fraction of sp³-hybridized carbons (Fsp3) is 0.600. The van der Waals surface area contributed by atoms with Crippen molar-refractivity contribution in [1.82, 2.24) is 9.97 Å². The Morgan fingerprint density at radius 2 is 2.29 bits per heavy atom. The lowest BCUT2D eigenvalue weighted by Gasteiger charge is -2.16. The highest BCUT2D eigenvalue weighted by molar-refractivity contribution is 6.30. The summed E-state index contributed by atoms with van der Waals surface area (Å²) in [4.78, 5) is 8.74. The Balaban J connectivity index is 2.36. The maximum Gasteiger partial charge on any atom is 0.138 e. The molecule has 0 aromatic carbocycles. The molecule has 3 nitrogen and oxygen atoms in total. The minimum atomic E-state index is 0.556. The number of rotatable bonds is 2. The maximum absolute atomic E-state index is 6.05. The fourth-order valence-corrected chi connectivity index (χ4v) is 1.84. The van der Waals surface area contributed by atoms with Crippen molar-refractivity contribution >= 4 is 11.6 Å². The number of ether oxygens (including phenoxy) is 1. The van der Waals surface area contributed by atoms with Gasteiger partial charge in [0.1, 0.15) is 11.0 Å². The van der Waals surface area contributed by atoms with E-state index < -0.39 is 0 Å². The monoisotopic (exact) mass is 212 g/mol. The Morgan fingerprint density at radius 3 is 3.07 bits per heavy atom. The Bertz CT molecular complexity index is 341. The quantitative estimate of drug-likeness (QED) is 0.705. The van der Waals surface area contributed by atoms with Crippen molar-refractivity contribution in [2.75, 3.05) is 6.61 Å². The number of halogens is 1. The van der Waals surface area contributed by atoms with Gasteiger partial charge in [-0.25, -0.2) is 9.97 Å².